The van der Waals surface area contributed by atoms with E-state index in [1.807, 2.05) is 12.4 Å². The van der Waals surface area contributed by atoms with E-state index in [2.05, 4.69) is 54.6 Å². The minimum absolute atomic E-state index is 0.565. The van der Waals surface area contributed by atoms with Crippen molar-refractivity contribution >= 4 is 21.6 Å². The van der Waals surface area contributed by atoms with Crippen molar-refractivity contribution in [3.05, 3.63) is 34.7 Å². The zero-order valence-corrected chi connectivity index (χ0v) is 16.0. The molecular formula is C18H25BrN6. The zero-order valence-electron chi connectivity index (χ0n) is 14.4. The summed E-state index contributed by atoms with van der Waals surface area (Å²) in [5.41, 5.74) is 3.22. The fraction of sp³-hybridized carbons (Fsp3) is 0.500. The van der Waals surface area contributed by atoms with E-state index in [9.17, 15) is 0 Å². The SMILES string of the molecule is Brc1cnc(-c2ccc(N3CCCC3)cn2)nc1C1CCCC1.NN. The lowest BCUT2D eigenvalue weighted by atomic mass is 10.0. The first-order valence-corrected chi connectivity index (χ1v) is 9.68. The van der Waals surface area contributed by atoms with Crippen LogP contribution in [0.25, 0.3) is 11.5 Å². The van der Waals surface area contributed by atoms with Gasteiger partial charge in [-0.2, -0.15) is 0 Å². The molecule has 0 aromatic carbocycles. The molecule has 4 rings (SSSR count). The van der Waals surface area contributed by atoms with Gasteiger partial charge in [-0.05, 0) is 53.7 Å². The van der Waals surface area contributed by atoms with E-state index >= 15 is 0 Å². The Bertz CT molecular complexity index is 678. The minimum Gasteiger partial charge on any atom is -0.370 e. The lowest BCUT2D eigenvalue weighted by Gasteiger charge is -2.17. The van der Waals surface area contributed by atoms with Crippen LogP contribution in [-0.4, -0.2) is 28.0 Å². The van der Waals surface area contributed by atoms with E-state index in [-0.39, 0.29) is 0 Å². The number of nitrogens with two attached hydrogens (primary N) is 2. The van der Waals surface area contributed by atoms with Gasteiger partial charge in [-0.15, -0.1) is 0 Å². The highest BCUT2D eigenvalue weighted by atomic mass is 79.9. The lowest BCUT2D eigenvalue weighted by Crippen LogP contribution is -2.17. The van der Waals surface area contributed by atoms with Gasteiger partial charge in [0.1, 0.15) is 5.69 Å². The van der Waals surface area contributed by atoms with Crippen molar-refractivity contribution in [2.24, 2.45) is 11.7 Å². The van der Waals surface area contributed by atoms with Gasteiger partial charge >= 0.3 is 0 Å². The van der Waals surface area contributed by atoms with E-state index in [0.29, 0.717) is 5.92 Å². The molecule has 2 aromatic rings. The Morgan fingerprint density at radius 3 is 2.32 bits per heavy atom. The van der Waals surface area contributed by atoms with Gasteiger partial charge in [0.15, 0.2) is 5.82 Å². The molecule has 1 aliphatic heterocycles. The molecule has 1 aliphatic carbocycles. The van der Waals surface area contributed by atoms with E-state index < -0.39 is 0 Å². The first kappa shape index (κ1) is 18.2. The highest BCUT2D eigenvalue weighted by Crippen LogP contribution is 2.37. The second-order valence-electron chi connectivity index (χ2n) is 6.50. The molecule has 1 saturated heterocycles. The normalized spacial score (nSPS) is 17.5. The quantitative estimate of drug-likeness (QED) is 0.601. The van der Waals surface area contributed by atoms with Crippen molar-refractivity contribution in [1.29, 1.82) is 0 Å². The summed E-state index contributed by atoms with van der Waals surface area (Å²) in [6, 6.07) is 4.20. The van der Waals surface area contributed by atoms with Gasteiger partial charge in [-0.25, -0.2) is 9.97 Å². The summed E-state index contributed by atoms with van der Waals surface area (Å²) in [4.78, 5) is 16.3. The first-order valence-electron chi connectivity index (χ1n) is 8.88. The largest absolute Gasteiger partial charge is 0.370 e. The van der Waals surface area contributed by atoms with Crippen LogP contribution in [0.4, 0.5) is 5.69 Å². The van der Waals surface area contributed by atoms with Crippen LogP contribution in [-0.2, 0) is 0 Å². The van der Waals surface area contributed by atoms with Crippen molar-refractivity contribution in [3.63, 3.8) is 0 Å². The summed E-state index contributed by atoms with van der Waals surface area (Å²) < 4.78 is 1.03. The maximum atomic E-state index is 4.82. The average molecular weight is 405 g/mol. The number of hydrogen-bond acceptors (Lipinski definition) is 6. The number of anilines is 1. The fourth-order valence-electron chi connectivity index (χ4n) is 3.67. The standard InChI is InChI=1S/C18H21BrN4.H4N2/c19-15-12-21-18(22-17(15)13-5-1-2-6-13)16-8-7-14(11-20-16)23-9-3-4-10-23;1-2/h7-8,11-13H,1-6,9-10H2;1-2H2. The number of halogens is 1. The predicted octanol–water partition coefficient (Wildman–Crippen LogP) is 3.38. The molecule has 6 nitrogen and oxygen atoms in total. The van der Waals surface area contributed by atoms with Crippen molar-refractivity contribution in [3.8, 4) is 11.5 Å². The molecule has 0 spiro atoms. The Balaban J connectivity index is 0.000000880. The van der Waals surface area contributed by atoms with Crippen LogP contribution in [0.3, 0.4) is 0 Å². The fourth-order valence-corrected chi connectivity index (χ4v) is 4.18. The van der Waals surface area contributed by atoms with Crippen LogP contribution in [0.2, 0.25) is 0 Å². The molecule has 0 bridgehead atoms. The Morgan fingerprint density at radius 1 is 0.960 bits per heavy atom. The molecule has 1 saturated carbocycles. The van der Waals surface area contributed by atoms with Crippen molar-refractivity contribution in [1.82, 2.24) is 15.0 Å². The summed E-state index contributed by atoms with van der Waals surface area (Å²) in [5.74, 6) is 9.30. The molecule has 0 unspecified atom stereocenters. The van der Waals surface area contributed by atoms with Gasteiger partial charge in [0, 0.05) is 25.2 Å². The molecule has 2 aliphatic rings. The highest BCUT2D eigenvalue weighted by molar-refractivity contribution is 9.10. The molecule has 2 aromatic heterocycles. The molecule has 7 heteroatoms. The Labute approximate surface area is 157 Å². The summed E-state index contributed by atoms with van der Waals surface area (Å²) in [6.45, 7) is 2.28. The maximum Gasteiger partial charge on any atom is 0.178 e. The van der Waals surface area contributed by atoms with E-state index in [0.717, 1.165) is 34.8 Å². The molecule has 0 radical (unpaired) electrons. The van der Waals surface area contributed by atoms with Crippen LogP contribution >= 0.6 is 15.9 Å². The first-order chi connectivity index (χ1) is 12.3. The number of aromatic nitrogens is 3. The highest BCUT2D eigenvalue weighted by Gasteiger charge is 2.22. The van der Waals surface area contributed by atoms with Gasteiger partial charge in [0.25, 0.3) is 0 Å². The summed E-state index contributed by atoms with van der Waals surface area (Å²) >= 11 is 3.62. The van der Waals surface area contributed by atoms with Gasteiger partial charge in [-0.3, -0.25) is 16.7 Å². The monoisotopic (exact) mass is 404 g/mol. The molecule has 2 fully saturated rings. The van der Waals surface area contributed by atoms with Gasteiger partial charge in [0.2, 0.25) is 0 Å². The second kappa shape index (κ2) is 8.69. The average Bonchev–Trinajstić information content (AvgIpc) is 3.38. The summed E-state index contributed by atoms with van der Waals surface area (Å²) in [7, 11) is 0. The molecule has 3 heterocycles. The Hall–Kier alpha value is -1.57. The molecule has 25 heavy (non-hydrogen) atoms. The molecule has 4 N–H and O–H groups in total. The number of rotatable bonds is 3. The third-order valence-corrected chi connectivity index (χ3v) is 5.57. The molecule has 0 atom stereocenters. The van der Waals surface area contributed by atoms with Gasteiger partial charge < -0.3 is 4.90 Å². The number of hydrazine groups is 1. The Kier molecular flexibility index (Phi) is 6.34. The Morgan fingerprint density at radius 2 is 1.68 bits per heavy atom. The number of nitrogens with zero attached hydrogens (tertiary/aromatic N) is 4. The number of pyridine rings is 1. The van der Waals surface area contributed by atoms with E-state index in [1.54, 1.807) is 0 Å². The zero-order chi connectivity index (χ0) is 17.6. The van der Waals surface area contributed by atoms with E-state index in [1.165, 1.54) is 44.2 Å². The van der Waals surface area contributed by atoms with Crippen molar-refractivity contribution < 1.29 is 0 Å². The van der Waals surface area contributed by atoms with Crippen LogP contribution < -0.4 is 16.6 Å². The maximum absolute atomic E-state index is 4.82. The van der Waals surface area contributed by atoms with Crippen molar-refractivity contribution in [2.75, 3.05) is 18.0 Å². The lowest BCUT2D eigenvalue weighted by molar-refractivity contribution is 0.690. The van der Waals surface area contributed by atoms with Gasteiger partial charge in [-0.1, -0.05) is 12.8 Å². The van der Waals surface area contributed by atoms with Crippen LogP contribution in [0.15, 0.2) is 29.0 Å². The number of hydrogen-bond donors (Lipinski definition) is 2. The van der Waals surface area contributed by atoms with Crippen LogP contribution in [0.5, 0.6) is 0 Å². The van der Waals surface area contributed by atoms with Gasteiger partial charge in [0.05, 0.1) is 22.1 Å². The predicted molar refractivity (Wildman–Crippen MR) is 104 cm³/mol. The summed E-state index contributed by atoms with van der Waals surface area (Å²) in [5, 5.41) is 0. The smallest absolute Gasteiger partial charge is 0.178 e. The third-order valence-electron chi connectivity index (χ3n) is 4.96. The topological polar surface area (TPSA) is 94.0 Å². The van der Waals surface area contributed by atoms with Crippen LogP contribution in [0.1, 0.15) is 50.1 Å². The minimum atomic E-state index is 0.565. The van der Waals surface area contributed by atoms with Crippen LogP contribution in [0, 0.1) is 0 Å². The molecule has 134 valence electrons. The molecule has 0 amide bonds. The second-order valence-corrected chi connectivity index (χ2v) is 7.36. The summed E-state index contributed by atoms with van der Waals surface area (Å²) in [6.07, 6.45) is 11.5. The third kappa shape index (κ3) is 4.16. The van der Waals surface area contributed by atoms with Crippen molar-refractivity contribution in [2.45, 2.75) is 44.4 Å². The molecular weight excluding hydrogens is 380 g/mol. The van der Waals surface area contributed by atoms with E-state index in [4.69, 9.17) is 4.98 Å².